The molecule has 0 bridgehead atoms. The second kappa shape index (κ2) is 9.64. The van der Waals surface area contributed by atoms with Gasteiger partial charge >= 0.3 is 0 Å². The van der Waals surface area contributed by atoms with Crippen LogP contribution in [-0.4, -0.2) is 18.2 Å². The molecule has 0 aromatic heterocycles. The predicted octanol–water partition coefficient (Wildman–Crippen LogP) is 5.64. The highest BCUT2D eigenvalue weighted by Crippen LogP contribution is 2.17. The van der Waals surface area contributed by atoms with Gasteiger partial charge in [0, 0.05) is 29.9 Å². The summed E-state index contributed by atoms with van der Waals surface area (Å²) in [6.45, 7) is 6.72. The van der Waals surface area contributed by atoms with E-state index in [1.807, 2.05) is 67.4 Å². The molecule has 0 atom stereocenters. The van der Waals surface area contributed by atoms with Crippen LogP contribution in [-0.2, 0) is 6.54 Å². The molecule has 0 aliphatic rings. The number of ether oxygens (including phenoxy) is 1. The molecule has 3 nitrogen and oxygen atoms in total. The van der Waals surface area contributed by atoms with E-state index in [9.17, 15) is 4.79 Å². The van der Waals surface area contributed by atoms with E-state index < -0.39 is 0 Å². The van der Waals surface area contributed by atoms with Crippen LogP contribution >= 0.6 is 11.6 Å². The van der Waals surface area contributed by atoms with Crippen molar-refractivity contribution in [2.75, 3.05) is 7.05 Å². The normalized spacial score (nSPS) is 11.4. The highest BCUT2D eigenvalue weighted by Gasteiger charge is 2.03. The fourth-order valence-electron chi connectivity index (χ4n) is 2.25. The Morgan fingerprint density at radius 2 is 1.92 bits per heavy atom. The molecule has 0 unspecified atom stereocenters. The van der Waals surface area contributed by atoms with Gasteiger partial charge in [-0.1, -0.05) is 42.4 Å². The molecule has 26 heavy (non-hydrogen) atoms. The molecule has 4 heteroatoms. The van der Waals surface area contributed by atoms with Crippen LogP contribution in [0.4, 0.5) is 0 Å². The summed E-state index contributed by atoms with van der Waals surface area (Å²) in [7, 11) is 1.98. The van der Waals surface area contributed by atoms with E-state index >= 15 is 0 Å². The minimum absolute atomic E-state index is 0.578. The lowest BCUT2D eigenvalue weighted by molar-refractivity contribution is 0.112. The van der Waals surface area contributed by atoms with Crippen molar-refractivity contribution in [3.05, 3.63) is 101 Å². The van der Waals surface area contributed by atoms with Crippen molar-refractivity contribution in [2.24, 2.45) is 0 Å². The van der Waals surface area contributed by atoms with Crippen molar-refractivity contribution in [1.82, 2.24) is 4.90 Å². The highest BCUT2D eigenvalue weighted by atomic mass is 35.5. The Bertz CT molecular complexity index is 822. The van der Waals surface area contributed by atoms with Crippen LogP contribution in [0.3, 0.4) is 0 Å². The first-order valence-electron chi connectivity index (χ1n) is 8.24. The topological polar surface area (TPSA) is 29.5 Å². The Morgan fingerprint density at radius 1 is 1.19 bits per heavy atom. The molecular formula is C22H22ClNO2. The fraction of sp³-hybridized carbons (Fsp3) is 0.136. The van der Waals surface area contributed by atoms with Gasteiger partial charge in [-0.3, -0.25) is 4.79 Å². The number of nitrogens with zero attached hydrogens (tertiary/aromatic N) is 1. The first-order chi connectivity index (χ1) is 12.5. The minimum atomic E-state index is 0.578. The van der Waals surface area contributed by atoms with Crippen molar-refractivity contribution in [2.45, 2.75) is 13.5 Å². The Kier molecular flexibility index (Phi) is 7.24. The van der Waals surface area contributed by atoms with E-state index in [0.717, 1.165) is 29.1 Å². The minimum Gasteiger partial charge on any atom is -0.458 e. The summed E-state index contributed by atoms with van der Waals surface area (Å²) >= 11 is 5.92. The monoisotopic (exact) mass is 367 g/mol. The number of carbonyl (C=O) groups excluding carboxylic acids is 1. The molecule has 0 heterocycles. The molecular weight excluding hydrogens is 346 g/mol. The number of aldehydes is 1. The summed E-state index contributed by atoms with van der Waals surface area (Å²) in [5, 5.41) is 0.726. The maximum absolute atomic E-state index is 10.9. The summed E-state index contributed by atoms with van der Waals surface area (Å²) in [5.74, 6) is 1.29. The zero-order chi connectivity index (χ0) is 18.9. The molecule has 0 fully saturated rings. The highest BCUT2D eigenvalue weighted by molar-refractivity contribution is 6.30. The maximum atomic E-state index is 10.9. The Hall–Kier alpha value is -2.78. The molecule has 0 amide bonds. The van der Waals surface area contributed by atoms with Crippen LogP contribution in [0.15, 0.2) is 84.8 Å². The average molecular weight is 368 g/mol. The first-order valence-corrected chi connectivity index (χ1v) is 8.61. The molecule has 0 aliphatic heterocycles. The SMILES string of the molecule is C=C(/C=C\C(=C/C)Oc1cccc(C=O)c1)N(C)Cc1ccc(Cl)cc1. The van der Waals surface area contributed by atoms with Gasteiger partial charge in [-0.05, 0) is 55.0 Å². The molecule has 0 spiro atoms. The van der Waals surface area contributed by atoms with Crippen LogP contribution in [0.2, 0.25) is 5.02 Å². The van der Waals surface area contributed by atoms with Crippen LogP contribution in [0.1, 0.15) is 22.8 Å². The van der Waals surface area contributed by atoms with Crippen LogP contribution in [0.25, 0.3) is 0 Å². The van der Waals surface area contributed by atoms with Crippen molar-refractivity contribution in [1.29, 1.82) is 0 Å². The van der Waals surface area contributed by atoms with Gasteiger partial charge in [-0.25, -0.2) is 0 Å². The summed E-state index contributed by atoms with van der Waals surface area (Å²) in [6, 6.07) is 14.8. The van der Waals surface area contributed by atoms with Gasteiger partial charge in [0.25, 0.3) is 0 Å². The van der Waals surface area contributed by atoms with Crippen LogP contribution in [0.5, 0.6) is 5.75 Å². The van der Waals surface area contributed by atoms with E-state index in [0.29, 0.717) is 17.1 Å². The Labute approximate surface area is 159 Å². The Morgan fingerprint density at radius 3 is 2.58 bits per heavy atom. The predicted molar refractivity (Wildman–Crippen MR) is 107 cm³/mol. The van der Waals surface area contributed by atoms with Gasteiger partial charge in [0.2, 0.25) is 0 Å². The second-order valence-electron chi connectivity index (χ2n) is 5.79. The molecule has 2 rings (SSSR count). The largest absolute Gasteiger partial charge is 0.458 e. The third kappa shape index (κ3) is 5.94. The Balaban J connectivity index is 1.97. The number of carbonyl (C=O) groups is 1. The molecule has 134 valence electrons. The quantitative estimate of drug-likeness (QED) is 0.343. The molecule has 2 aromatic rings. The molecule has 0 aliphatic carbocycles. The summed E-state index contributed by atoms with van der Waals surface area (Å²) in [4.78, 5) is 12.9. The van der Waals surface area contributed by atoms with Crippen molar-refractivity contribution < 1.29 is 9.53 Å². The first kappa shape index (κ1) is 19.5. The van der Waals surface area contributed by atoms with Crippen molar-refractivity contribution in [3.63, 3.8) is 0 Å². The average Bonchev–Trinajstić information content (AvgIpc) is 2.66. The molecule has 0 N–H and O–H groups in total. The van der Waals surface area contributed by atoms with Crippen molar-refractivity contribution >= 4 is 17.9 Å². The number of hydrogen-bond donors (Lipinski definition) is 0. The number of allylic oxidation sites excluding steroid dienone is 3. The van der Waals surface area contributed by atoms with E-state index in [4.69, 9.17) is 16.3 Å². The van der Waals surface area contributed by atoms with Crippen LogP contribution < -0.4 is 4.74 Å². The van der Waals surface area contributed by atoms with Gasteiger partial charge in [-0.15, -0.1) is 0 Å². The fourth-order valence-corrected chi connectivity index (χ4v) is 2.37. The zero-order valence-corrected chi connectivity index (χ0v) is 15.7. The molecule has 2 aromatic carbocycles. The number of hydrogen-bond acceptors (Lipinski definition) is 3. The van der Waals surface area contributed by atoms with Crippen molar-refractivity contribution in [3.8, 4) is 5.75 Å². The number of halogens is 1. The van der Waals surface area contributed by atoms with Gasteiger partial charge in [0.15, 0.2) is 0 Å². The van der Waals surface area contributed by atoms with Gasteiger partial charge in [0.05, 0.1) is 0 Å². The van der Waals surface area contributed by atoms with Gasteiger partial charge < -0.3 is 9.64 Å². The zero-order valence-electron chi connectivity index (χ0n) is 15.0. The lowest BCUT2D eigenvalue weighted by Crippen LogP contribution is -2.15. The smallest absolute Gasteiger partial charge is 0.150 e. The third-order valence-corrected chi connectivity index (χ3v) is 4.03. The number of benzene rings is 2. The summed E-state index contributed by atoms with van der Waals surface area (Å²) in [6.07, 6.45) is 6.41. The molecule has 0 saturated carbocycles. The van der Waals surface area contributed by atoms with Gasteiger partial charge in [0.1, 0.15) is 17.8 Å². The third-order valence-electron chi connectivity index (χ3n) is 3.78. The number of likely N-dealkylation sites (N-methyl/N-ethyl adjacent to an activating group) is 1. The van der Waals surface area contributed by atoms with E-state index in [2.05, 4.69) is 6.58 Å². The number of rotatable bonds is 8. The summed E-state index contributed by atoms with van der Waals surface area (Å²) < 4.78 is 5.81. The molecule has 0 radical (unpaired) electrons. The van der Waals surface area contributed by atoms with Gasteiger partial charge in [-0.2, -0.15) is 0 Å². The second-order valence-corrected chi connectivity index (χ2v) is 6.23. The molecule has 0 saturated heterocycles. The standard InChI is InChI=1S/C22H22ClNO2/c1-4-21(26-22-7-5-6-19(14-22)16-25)13-8-17(2)24(3)15-18-9-11-20(23)12-10-18/h4-14,16H,2,15H2,1,3H3/b13-8-,21-4+. The van der Waals surface area contributed by atoms with E-state index in [-0.39, 0.29) is 0 Å². The summed E-state index contributed by atoms with van der Waals surface area (Å²) in [5.41, 5.74) is 2.58. The lowest BCUT2D eigenvalue weighted by atomic mass is 10.2. The van der Waals surface area contributed by atoms with E-state index in [1.165, 1.54) is 0 Å². The lowest BCUT2D eigenvalue weighted by Gasteiger charge is -2.19. The maximum Gasteiger partial charge on any atom is 0.150 e. The van der Waals surface area contributed by atoms with Crippen LogP contribution in [0, 0.1) is 0 Å². The van der Waals surface area contributed by atoms with E-state index in [1.54, 1.807) is 18.2 Å².